The highest BCUT2D eigenvalue weighted by molar-refractivity contribution is 7.98. The van der Waals surface area contributed by atoms with Gasteiger partial charge in [0.25, 0.3) is 0 Å². The van der Waals surface area contributed by atoms with E-state index in [2.05, 4.69) is 20.7 Å². The van der Waals surface area contributed by atoms with E-state index in [0.717, 1.165) is 22.7 Å². The Bertz CT molecular complexity index is 974. The van der Waals surface area contributed by atoms with Crippen molar-refractivity contribution in [3.63, 3.8) is 0 Å². The number of hydrogen-bond donors (Lipinski definition) is 1. The first-order chi connectivity index (χ1) is 13.4. The summed E-state index contributed by atoms with van der Waals surface area (Å²) in [5.74, 6) is -0.154. The standard InChI is InChI=1S/C18H16F3N5OS/c1-28-15-8-3-2-7-14(15)22-16(27)9-10-26-24-17(23-25-26)12-5-4-6-13(11-12)18(19,20)21/h2-8,11H,9-10H2,1H3,(H,22,27). The summed E-state index contributed by atoms with van der Waals surface area (Å²) >= 11 is 1.52. The Kier molecular flexibility index (Phi) is 5.98. The Balaban J connectivity index is 1.63. The number of amides is 1. The molecule has 2 aromatic carbocycles. The maximum atomic E-state index is 12.8. The van der Waals surface area contributed by atoms with Crippen molar-refractivity contribution in [2.45, 2.75) is 24.0 Å². The lowest BCUT2D eigenvalue weighted by Gasteiger charge is -2.08. The van der Waals surface area contributed by atoms with E-state index in [1.165, 1.54) is 28.7 Å². The van der Waals surface area contributed by atoms with Gasteiger partial charge in [-0.2, -0.15) is 18.0 Å². The molecule has 1 N–H and O–H groups in total. The van der Waals surface area contributed by atoms with Gasteiger partial charge in [-0.05, 0) is 35.7 Å². The number of alkyl halides is 3. The van der Waals surface area contributed by atoms with Gasteiger partial charge in [0.15, 0.2) is 0 Å². The summed E-state index contributed by atoms with van der Waals surface area (Å²) in [7, 11) is 0. The van der Waals surface area contributed by atoms with Crippen molar-refractivity contribution < 1.29 is 18.0 Å². The van der Waals surface area contributed by atoms with Crippen LogP contribution in [0.15, 0.2) is 53.4 Å². The second kappa shape index (κ2) is 8.42. The number of nitrogens with one attached hydrogen (secondary N) is 1. The van der Waals surface area contributed by atoms with Gasteiger partial charge in [0.05, 0.1) is 17.8 Å². The molecule has 0 aliphatic heterocycles. The van der Waals surface area contributed by atoms with Crippen LogP contribution in [0.5, 0.6) is 0 Å². The van der Waals surface area contributed by atoms with Crippen molar-refractivity contribution in [2.75, 3.05) is 11.6 Å². The van der Waals surface area contributed by atoms with E-state index in [9.17, 15) is 18.0 Å². The Morgan fingerprint density at radius 2 is 1.96 bits per heavy atom. The molecule has 1 amide bonds. The second-order valence-corrected chi connectivity index (χ2v) is 6.63. The van der Waals surface area contributed by atoms with E-state index in [1.54, 1.807) is 0 Å². The summed E-state index contributed by atoms with van der Waals surface area (Å²) in [5.41, 5.74) is 0.142. The summed E-state index contributed by atoms with van der Waals surface area (Å²) in [6.07, 6.45) is -2.43. The van der Waals surface area contributed by atoms with Gasteiger partial charge in [0, 0.05) is 16.9 Å². The van der Waals surface area contributed by atoms with Crippen molar-refractivity contribution in [1.82, 2.24) is 20.2 Å². The van der Waals surface area contributed by atoms with Gasteiger partial charge in [0.2, 0.25) is 11.7 Å². The van der Waals surface area contributed by atoms with Crippen molar-refractivity contribution >= 4 is 23.4 Å². The monoisotopic (exact) mass is 407 g/mol. The lowest BCUT2D eigenvalue weighted by molar-refractivity contribution is -0.137. The smallest absolute Gasteiger partial charge is 0.325 e. The number of benzene rings is 2. The number of aryl methyl sites for hydroxylation is 1. The van der Waals surface area contributed by atoms with Gasteiger partial charge in [-0.25, -0.2) is 0 Å². The predicted octanol–water partition coefficient (Wildman–Crippen LogP) is 4.11. The fraction of sp³-hybridized carbons (Fsp3) is 0.222. The lowest BCUT2D eigenvalue weighted by atomic mass is 10.1. The minimum Gasteiger partial charge on any atom is -0.325 e. The normalized spacial score (nSPS) is 11.4. The summed E-state index contributed by atoms with van der Waals surface area (Å²) in [5, 5.41) is 14.5. The number of para-hydroxylation sites is 1. The number of hydrogen-bond acceptors (Lipinski definition) is 5. The lowest BCUT2D eigenvalue weighted by Crippen LogP contribution is -2.16. The third-order valence-corrected chi connectivity index (χ3v) is 4.62. The van der Waals surface area contributed by atoms with E-state index in [4.69, 9.17) is 0 Å². The van der Waals surface area contributed by atoms with Crippen LogP contribution in [0.3, 0.4) is 0 Å². The molecule has 0 saturated heterocycles. The number of tetrazole rings is 1. The summed E-state index contributed by atoms with van der Waals surface area (Å²) in [6, 6.07) is 12.1. The highest BCUT2D eigenvalue weighted by Crippen LogP contribution is 2.31. The molecule has 0 fully saturated rings. The topological polar surface area (TPSA) is 72.7 Å². The van der Waals surface area contributed by atoms with Crippen molar-refractivity contribution in [3.05, 3.63) is 54.1 Å². The third kappa shape index (κ3) is 4.89. The molecule has 0 atom stereocenters. The minimum absolute atomic E-state index is 0.0687. The first-order valence-corrected chi connectivity index (χ1v) is 9.47. The van der Waals surface area contributed by atoms with Crippen LogP contribution in [-0.4, -0.2) is 32.4 Å². The van der Waals surface area contributed by atoms with Crippen LogP contribution in [-0.2, 0) is 17.5 Å². The van der Waals surface area contributed by atoms with Crippen molar-refractivity contribution in [3.8, 4) is 11.4 Å². The van der Waals surface area contributed by atoms with E-state index in [1.807, 2.05) is 30.5 Å². The maximum absolute atomic E-state index is 12.8. The van der Waals surface area contributed by atoms with Gasteiger partial charge >= 0.3 is 6.18 Å². The van der Waals surface area contributed by atoms with Crippen molar-refractivity contribution in [1.29, 1.82) is 0 Å². The number of carbonyl (C=O) groups is 1. The Morgan fingerprint density at radius 1 is 1.18 bits per heavy atom. The molecular weight excluding hydrogens is 391 g/mol. The van der Waals surface area contributed by atoms with Crippen LogP contribution >= 0.6 is 11.8 Å². The van der Waals surface area contributed by atoms with Crippen LogP contribution in [0.25, 0.3) is 11.4 Å². The first-order valence-electron chi connectivity index (χ1n) is 8.25. The molecule has 6 nitrogen and oxygen atoms in total. The number of thioether (sulfide) groups is 1. The molecule has 0 aliphatic rings. The van der Waals surface area contributed by atoms with E-state index in [0.29, 0.717) is 0 Å². The number of anilines is 1. The molecule has 0 saturated carbocycles. The van der Waals surface area contributed by atoms with Crippen molar-refractivity contribution in [2.24, 2.45) is 0 Å². The molecule has 0 radical (unpaired) electrons. The van der Waals surface area contributed by atoms with Gasteiger partial charge in [0.1, 0.15) is 0 Å². The number of aromatic nitrogens is 4. The van der Waals surface area contributed by atoms with Gasteiger partial charge in [-0.15, -0.1) is 22.0 Å². The fourth-order valence-corrected chi connectivity index (χ4v) is 3.00. The average Bonchev–Trinajstić information content (AvgIpc) is 3.15. The zero-order chi connectivity index (χ0) is 20.1. The van der Waals surface area contributed by atoms with Gasteiger partial charge in [-0.1, -0.05) is 24.3 Å². The van der Waals surface area contributed by atoms with Crippen LogP contribution in [0.1, 0.15) is 12.0 Å². The molecule has 1 aromatic heterocycles. The predicted molar refractivity (Wildman–Crippen MR) is 99.7 cm³/mol. The highest BCUT2D eigenvalue weighted by atomic mass is 32.2. The number of rotatable bonds is 6. The quantitative estimate of drug-likeness (QED) is 0.623. The molecule has 0 bridgehead atoms. The largest absolute Gasteiger partial charge is 0.416 e. The number of nitrogens with zero attached hydrogens (tertiary/aromatic N) is 4. The summed E-state index contributed by atoms with van der Waals surface area (Å²) in [4.78, 5) is 14.3. The van der Waals surface area contributed by atoms with E-state index >= 15 is 0 Å². The third-order valence-electron chi connectivity index (χ3n) is 3.82. The van der Waals surface area contributed by atoms with Crippen LogP contribution < -0.4 is 5.32 Å². The fourth-order valence-electron chi connectivity index (χ4n) is 2.45. The summed E-state index contributed by atoms with van der Waals surface area (Å²) < 4.78 is 38.5. The molecule has 146 valence electrons. The molecule has 28 heavy (non-hydrogen) atoms. The van der Waals surface area contributed by atoms with Crippen LogP contribution in [0.4, 0.5) is 18.9 Å². The average molecular weight is 407 g/mol. The maximum Gasteiger partial charge on any atom is 0.416 e. The molecule has 3 rings (SSSR count). The zero-order valence-electron chi connectivity index (χ0n) is 14.8. The van der Waals surface area contributed by atoms with E-state index in [-0.39, 0.29) is 30.3 Å². The number of carbonyl (C=O) groups excluding carboxylic acids is 1. The molecule has 10 heteroatoms. The summed E-state index contributed by atoms with van der Waals surface area (Å²) in [6.45, 7) is 0.152. The van der Waals surface area contributed by atoms with Crippen LogP contribution in [0.2, 0.25) is 0 Å². The van der Waals surface area contributed by atoms with Crippen LogP contribution in [0, 0.1) is 0 Å². The second-order valence-electron chi connectivity index (χ2n) is 5.79. The molecular formula is C18H16F3N5OS. The minimum atomic E-state index is -4.45. The molecule has 0 spiro atoms. The molecule has 1 heterocycles. The Labute approximate surface area is 163 Å². The Hall–Kier alpha value is -2.88. The molecule has 0 unspecified atom stereocenters. The first kappa shape index (κ1) is 19.9. The highest BCUT2D eigenvalue weighted by Gasteiger charge is 2.30. The molecule has 0 aliphatic carbocycles. The van der Waals surface area contributed by atoms with E-state index < -0.39 is 11.7 Å². The molecule has 3 aromatic rings. The zero-order valence-corrected chi connectivity index (χ0v) is 15.6. The van der Waals surface area contributed by atoms with Gasteiger partial charge in [-0.3, -0.25) is 4.79 Å². The number of halogens is 3. The Morgan fingerprint density at radius 3 is 2.71 bits per heavy atom. The SMILES string of the molecule is CSc1ccccc1NC(=O)CCn1nnc(-c2cccc(C(F)(F)F)c2)n1. The van der Waals surface area contributed by atoms with Gasteiger partial charge < -0.3 is 5.32 Å².